The predicted octanol–water partition coefficient (Wildman–Crippen LogP) is 15.5. The summed E-state index contributed by atoms with van der Waals surface area (Å²) >= 11 is 0. The molecule has 444 valence electrons. The summed E-state index contributed by atoms with van der Waals surface area (Å²) < 4.78 is 0. The molecule has 0 atom stereocenters. The van der Waals surface area contributed by atoms with Gasteiger partial charge in [0.1, 0.15) is 5.69 Å². The molecule has 10 N–H and O–H groups in total. The molecule has 13 nitrogen and oxygen atoms in total. The maximum Gasteiger partial charge on any atom is 0.252 e. The lowest BCUT2D eigenvalue weighted by molar-refractivity contribution is 0.329. The van der Waals surface area contributed by atoms with Gasteiger partial charge in [0, 0.05) is 50.8 Å². The summed E-state index contributed by atoms with van der Waals surface area (Å²) in [5.74, 6) is -11.2. The van der Waals surface area contributed by atoms with Crippen LogP contribution in [-0.4, -0.2) is 57.8 Å². The maximum atomic E-state index is 12.2. The number of hydrogen-bond donors (Lipinski definition) is 10. The average molecular weight is 1160 g/mol. The largest absolute Gasteiger partial charge is 0.504 e. The van der Waals surface area contributed by atoms with Crippen LogP contribution in [0.25, 0.3) is 22.3 Å². The van der Waals surface area contributed by atoms with E-state index < -0.39 is 86.3 Å². The molecule has 0 fully saturated rings. The molecule has 0 saturated heterocycles. The van der Waals surface area contributed by atoms with Crippen LogP contribution in [0, 0.1) is 0 Å². The summed E-state index contributed by atoms with van der Waals surface area (Å²) in [6.07, 6.45) is 0. The lowest BCUT2D eigenvalue weighted by Gasteiger charge is -2.46. The van der Waals surface area contributed by atoms with Crippen molar-refractivity contribution in [1.29, 1.82) is 0 Å². The summed E-state index contributed by atoms with van der Waals surface area (Å²) in [5, 5.41) is 115. The number of rotatable bonds is 6. The van der Waals surface area contributed by atoms with Crippen molar-refractivity contribution >= 4 is 74.3 Å². The number of benzene rings is 9. The Hall–Kier alpha value is -9.56. The van der Waals surface area contributed by atoms with Gasteiger partial charge in [0.25, 0.3) is 6.71 Å². The van der Waals surface area contributed by atoms with E-state index in [1.807, 2.05) is 32.9 Å². The van der Waals surface area contributed by atoms with Crippen molar-refractivity contribution in [1.82, 2.24) is 0 Å². The van der Waals surface area contributed by atoms with Gasteiger partial charge in [-0.05, 0) is 149 Å². The fourth-order valence-corrected chi connectivity index (χ4v) is 13.2. The highest BCUT2D eigenvalue weighted by atomic mass is 16.4. The van der Waals surface area contributed by atoms with Gasteiger partial charge in [0.15, 0.2) is 23.0 Å². The maximum absolute atomic E-state index is 12.2. The zero-order valence-electron chi connectivity index (χ0n) is 51.6. The zero-order valence-corrected chi connectivity index (χ0v) is 51.6. The summed E-state index contributed by atoms with van der Waals surface area (Å²) in [6, 6.07) is 45.9. The van der Waals surface area contributed by atoms with Crippen molar-refractivity contribution in [3.8, 4) is 79.7 Å². The first-order valence-corrected chi connectivity index (χ1v) is 29.4. The minimum atomic E-state index is -1.20. The van der Waals surface area contributed by atoms with Crippen LogP contribution in [0.5, 0.6) is 57.5 Å². The third kappa shape index (κ3) is 8.80. The summed E-state index contributed by atoms with van der Waals surface area (Å²) in [6.45, 7) is 29.6. The smallest absolute Gasteiger partial charge is 0.252 e. The van der Waals surface area contributed by atoms with Crippen LogP contribution in [0.3, 0.4) is 0 Å². The molecule has 0 spiro atoms. The number of fused-ring (bicyclic) bond motifs is 7. The van der Waals surface area contributed by atoms with Crippen molar-refractivity contribution in [2.24, 2.45) is 0 Å². The van der Waals surface area contributed by atoms with Crippen molar-refractivity contribution < 1.29 is 51.1 Å². The van der Waals surface area contributed by atoms with E-state index in [4.69, 9.17) is 0 Å². The highest BCUT2D eigenvalue weighted by Crippen LogP contribution is 2.62. The van der Waals surface area contributed by atoms with Crippen LogP contribution in [0.2, 0.25) is 0 Å². The Morgan fingerprint density at radius 3 is 1.43 bits per heavy atom. The van der Waals surface area contributed by atoms with Gasteiger partial charge < -0.3 is 65.8 Å². The summed E-state index contributed by atoms with van der Waals surface area (Å²) in [4.78, 5) is 5.93. The van der Waals surface area contributed by atoms with E-state index in [2.05, 4.69) is 183 Å². The third-order valence-corrected chi connectivity index (χ3v) is 18.2. The van der Waals surface area contributed by atoms with E-state index in [1.165, 1.54) is 27.2 Å². The molecule has 0 saturated carbocycles. The van der Waals surface area contributed by atoms with Gasteiger partial charge >= 0.3 is 0 Å². The lowest BCUT2D eigenvalue weighted by atomic mass is 9.33. The molecule has 2 aliphatic heterocycles. The van der Waals surface area contributed by atoms with Crippen molar-refractivity contribution in [3.05, 3.63) is 167 Å². The first kappa shape index (κ1) is 57.9. The number of aromatic hydroxyl groups is 10. The average Bonchev–Trinajstić information content (AvgIpc) is 0.893. The Balaban J connectivity index is 1.21. The number of nitrogens with zero attached hydrogens (tertiary/aromatic N) is 3. The molecular formula is C73H74BN3O10. The Morgan fingerprint density at radius 1 is 0.368 bits per heavy atom. The van der Waals surface area contributed by atoms with Gasteiger partial charge in [-0.1, -0.05) is 164 Å². The topological polar surface area (TPSA) is 212 Å². The van der Waals surface area contributed by atoms with Crippen LogP contribution < -0.4 is 31.1 Å². The van der Waals surface area contributed by atoms with E-state index in [0.717, 1.165) is 61.5 Å². The molecule has 12 rings (SSSR count). The highest BCUT2D eigenvalue weighted by Gasteiger charge is 2.46. The van der Waals surface area contributed by atoms with Gasteiger partial charge in [-0.3, -0.25) is 0 Å². The van der Waals surface area contributed by atoms with E-state index in [1.54, 1.807) is 24.3 Å². The predicted molar refractivity (Wildman–Crippen MR) is 350 cm³/mol. The SMILES string of the molecule is CC(C)(C)c1ccc(N2c3cc(N(c4ccc(C(C)(C)C)cc4-c4c(O)c(O)c(O)c(O)c4O)c4c(O)c(O)c(O)c(O)c4O)ccc3B3c4cc(C(C)(C)C)ccc4N(c4ccc5c(c4)-c4ccccc4C5(C)C)c4cc(C(C)(C)C)cc2c43)cc1. The Morgan fingerprint density at radius 2 is 0.851 bits per heavy atom. The first-order valence-electron chi connectivity index (χ1n) is 29.4. The monoisotopic (exact) mass is 1160 g/mol. The Bertz CT molecular complexity index is 4330. The van der Waals surface area contributed by atoms with E-state index in [0.29, 0.717) is 11.3 Å². The van der Waals surface area contributed by atoms with Crippen LogP contribution in [0.4, 0.5) is 51.2 Å². The summed E-state index contributed by atoms with van der Waals surface area (Å²) in [5.41, 5.74) is 14.1. The van der Waals surface area contributed by atoms with Gasteiger partial charge in [-0.15, -0.1) is 0 Å². The molecule has 0 aromatic heterocycles. The lowest BCUT2D eigenvalue weighted by Crippen LogP contribution is -2.61. The third-order valence-electron chi connectivity index (χ3n) is 18.2. The fourth-order valence-electron chi connectivity index (χ4n) is 13.2. The molecule has 14 heteroatoms. The van der Waals surface area contributed by atoms with Crippen molar-refractivity contribution in [2.45, 2.75) is 124 Å². The Labute approximate surface area is 508 Å². The van der Waals surface area contributed by atoms with Crippen molar-refractivity contribution in [2.75, 3.05) is 14.7 Å². The Kier molecular flexibility index (Phi) is 12.8. The van der Waals surface area contributed by atoms with Crippen LogP contribution in [-0.2, 0) is 27.1 Å². The zero-order chi connectivity index (χ0) is 62.8. The molecule has 1 aliphatic carbocycles. The van der Waals surface area contributed by atoms with Crippen molar-refractivity contribution in [3.63, 3.8) is 0 Å². The molecule has 0 radical (unpaired) electrons. The summed E-state index contributed by atoms with van der Waals surface area (Å²) in [7, 11) is 0. The molecule has 87 heavy (non-hydrogen) atoms. The molecule has 2 heterocycles. The van der Waals surface area contributed by atoms with Crippen LogP contribution in [0.15, 0.2) is 133 Å². The second-order valence-electron chi connectivity index (χ2n) is 28.3. The van der Waals surface area contributed by atoms with Gasteiger partial charge in [-0.25, -0.2) is 0 Å². The van der Waals surface area contributed by atoms with E-state index in [-0.39, 0.29) is 33.2 Å². The molecule has 0 unspecified atom stereocenters. The standard InChI is InChI=1S/C73H74BN3O10/c1-69(2,3)37-19-23-41(24-20-37)75-53-36-43(77(58-61(80)65(84)68(87)66(85)62(58)81)51-29-21-38(70(4,5)6)31-46(51)56-59(78)63(82)67(86)64(83)60(56)79)26-28-49(53)74-50-32-39(71(7,8)9)22-30-52(50)76(55-34-40(72(10,11)12)33-54(75)57(55)74)42-25-27-48-45(35-42)44-17-15-16-18-47(44)73(48,13)14/h15-36,78-87H,1-14H3. The first-order chi connectivity index (χ1) is 40.6. The van der Waals surface area contributed by atoms with E-state index in [9.17, 15) is 51.1 Å². The second-order valence-corrected chi connectivity index (χ2v) is 28.3. The molecule has 9 aromatic rings. The van der Waals surface area contributed by atoms with Gasteiger partial charge in [-0.2, -0.15) is 0 Å². The fraction of sp³-hybridized carbons (Fsp3) is 0.260. The molecule has 9 aromatic carbocycles. The normalized spacial score (nSPS) is 14.1. The minimum absolute atomic E-state index is 0.0587. The number of phenolic OH excluding ortho intramolecular Hbond substituents is 10. The van der Waals surface area contributed by atoms with Gasteiger partial charge in [0.05, 0.1) is 11.3 Å². The van der Waals surface area contributed by atoms with Gasteiger partial charge in [0.2, 0.25) is 34.5 Å². The number of anilines is 9. The minimum Gasteiger partial charge on any atom is -0.504 e. The molecule has 0 amide bonds. The van der Waals surface area contributed by atoms with E-state index >= 15 is 0 Å². The molecule has 0 bridgehead atoms. The highest BCUT2D eigenvalue weighted by molar-refractivity contribution is 7.00. The number of hydrogen-bond acceptors (Lipinski definition) is 13. The molecular weight excluding hydrogens is 1090 g/mol. The quantitative estimate of drug-likeness (QED) is 0.0427. The second kappa shape index (κ2) is 19.2. The number of phenols is 10. The van der Waals surface area contributed by atoms with Crippen LogP contribution in [0.1, 0.15) is 130 Å². The van der Waals surface area contributed by atoms with Crippen LogP contribution >= 0.6 is 0 Å². The molecule has 3 aliphatic rings.